The monoisotopic (exact) mass is 417 g/mol. The SMILES string of the molecule is CCOC(=O)COc1ccc(S(=O)(=O)N2CCC(Cc3ccccc3)CC2)cc1. The third-order valence-electron chi connectivity index (χ3n) is 5.06. The molecule has 1 saturated heterocycles. The van der Waals surface area contributed by atoms with Gasteiger partial charge in [-0.05, 0) is 61.9 Å². The largest absolute Gasteiger partial charge is 0.482 e. The first-order chi connectivity index (χ1) is 14.0. The molecule has 3 rings (SSSR count). The van der Waals surface area contributed by atoms with Crippen molar-refractivity contribution in [3.05, 3.63) is 60.2 Å². The minimum absolute atomic E-state index is 0.200. The number of sulfonamides is 1. The van der Waals surface area contributed by atoms with Crippen LogP contribution >= 0.6 is 0 Å². The van der Waals surface area contributed by atoms with E-state index in [0.717, 1.165) is 19.3 Å². The van der Waals surface area contributed by atoms with Gasteiger partial charge in [0, 0.05) is 13.1 Å². The standard InChI is InChI=1S/C22H27NO5S/c1-2-27-22(24)17-28-20-8-10-21(11-9-20)29(25,26)23-14-12-19(13-15-23)16-18-6-4-3-5-7-18/h3-11,19H,2,12-17H2,1H3. The molecule has 0 spiro atoms. The Hall–Kier alpha value is -2.38. The maximum absolute atomic E-state index is 12.9. The van der Waals surface area contributed by atoms with Crippen molar-refractivity contribution in [1.82, 2.24) is 4.31 Å². The molecule has 0 radical (unpaired) electrons. The van der Waals surface area contributed by atoms with E-state index in [1.54, 1.807) is 23.4 Å². The Kier molecular flexibility index (Phi) is 7.28. The van der Waals surface area contributed by atoms with Gasteiger partial charge in [0.1, 0.15) is 5.75 Å². The fraction of sp³-hybridized carbons (Fsp3) is 0.409. The van der Waals surface area contributed by atoms with Gasteiger partial charge in [-0.2, -0.15) is 4.31 Å². The number of nitrogens with zero attached hydrogens (tertiary/aromatic N) is 1. The van der Waals surface area contributed by atoms with E-state index in [1.807, 2.05) is 18.2 Å². The molecule has 0 aliphatic carbocycles. The van der Waals surface area contributed by atoms with Gasteiger partial charge in [0.15, 0.2) is 6.61 Å². The highest BCUT2D eigenvalue weighted by atomic mass is 32.2. The van der Waals surface area contributed by atoms with Crippen LogP contribution in [0.25, 0.3) is 0 Å². The molecule has 0 saturated carbocycles. The predicted octanol–water partition coefficient (Wildman–Crippen LogP) is 3.27. The van der Waals surface area contributed by atoms with Crippen LogP contribution in [-0.4, -0.2) is 45.0 Å². The average molecular weight is 418 g/mol. The summed E-state index contributed by atoms with van der Waals surface area (Å²) in [5, 5.41) is 0. The second kappa shape index (κ2) is 9.89. The molecule has 29 heavy (non-hydrogen) atoms. The molecule has 0 bridgehead atoms. The number of esters is 1. The second-order valence-corrected chi connectivity index (χ2v) is 9.04. The lowest BCUT2D eigenvalue weighted by Gasteiger charge is -2.31. The summed E-state index contributed by atoms with van der Waals surface area (Å²) in [6.07, 6.45) is 2.70. The fourth-order valence-corrected chi connectivity index (χ4v) is 4.97. The number of ether oxygens (including phenoxy) is 2. The van der Waals surface area contributed by atoms with Crippen molar-refractivity contribution in [1.29, 1.82) is 0 Å². The maximum atomic E-state index is 12.9. The number of carbonyl (C=O) groups is 1. The van der Waals surface area contributed by atoms with Crippen molar-refractivity contribution >= 4 is 16.0 Å². The van der Waals surface area contributed by atoms with E-state index in [0.29, 0.717) is 31.4 Å². The van der Waals surface area contributed by atoms with Gasteiger partial charge in [-0.25, -0.2) is 13.2 Å². The third-order valence-corrected chi connectivity index (χ3v) is 6.98. The molecule has 6 nitrogen and oxygen atoms in total. The number of hydrogen-bond donors (Lipinski definition) is 0. The molecule has 0 N–H and O–H groups in total. The van der Waals surface area contributed by atoms with Crippen molar-refractivity contribution in [2.24, 2.45) is 5.92 Å². The van der Waals surface area contributed by atoms with Crippen LogP contribution in [0.3, 0.4) is 0 Å². The van der Waals surface area contributed by atoms with E-state index in [1.165, 1.54) is 17.7 Å². The highest BCUT2D eigenvalue weighted by Gasteiger charge is 2.29. The molecule has 2 aromatic rings. The Bertz CT molecular complexity index is 889. The summed E-state index contributed by atoms with van der Waals surface area (Å²) in [7, 11) is -3.53. The van der Waals surface area contributed by atoms with E-state index in [2.05, 4.69) is 12.1 Å². The molecular weight excluding hydrogens is 390 g/mol. The maximum Gasteiger partial charge on any atom is 0.344 e. The van der Waals surface area contributed by atoms with E-state index in [-0.39, 0.29) is 11.5 Å². The minimum Gasteiger partial charge on any atom is -0.482 e. The quantitative estimate of drug-likeness (QED) is 0.617. The zero-order chi connectivity index (χ0) is 20.7. The van der Waals surface area contributed by atoms with Crippen molar-refractivity contribution < 1.29 is 22.7 Å². The first-order valence-corrected chi connectivity index (χ1v) is 11.4. The molecule has 2 aromatic carbocycles. The summed E-state index contributed by atoms with van der Waals surface area (Å²) in [5.41, 5.74) is 1.30. The lowest BCUT2D eigenvalue weighted by atomic mass is 9.91. The number of hydrogen-bond acceptors (Lipinski definition) is 5. The van der Waals surface area contributed by atoms with Crippen LogP contribution in [0.2, 0.25) is 0 Å². The molecule has 1 aliphatic rings. The summed E-state index contributed by atoms with van der Waals surface area (Å²) >= 11 is 0. The Morgan fingerprint density at radius 2 is 1.69 bits per heavy atom. The Balaban J connectivity index is 1.55. The second-order valence-electron chi connectivity index (χ2n) is 7.10. The molecular formula is C22H27NO5S. The Labute approximate surface area is 172 Å². The van der Waals surface area contributed by atoms with Crippen LogP contribution in [0, 0.1) is 5.92 Å². The van der Waals surface area contributed by atoms with E-state index in [9.17, 15) is 13.2 Å². The Morgan fingerprint density at radius 3 is 2.31 bits per heavy atom. The number of carbonyl (C=O) groups excluding carboxylic acids is 1. The summed E-state index contributed by atoms with van der Waals surface area (Å²) in [6.45, 7) is 2.88. The van der Waals surface area contributed by atoms with Gasteiger partial charge >= 0.3 is 5.97 Å². The van der Waals surface area contributed by atoms with Crippen LogP contribution < -0.4 is 4.74 Å². The first kappa shape index (κ1) is 21.3. The molecule has 0 atom stereocenters. The highest BCUT2D eigenvalue weighted by Crippen LogP contribution is 2.27. The molecule has 156 valence electrons. The lowest BCUT2D eigenvalue weighted by molar-refractivity contribution is -0.145. The zero-order valence-corrected chi connectivity index (χ0v) is 17.4. The van der Waals surface area contributed by atoms with Crippen molar-refractivity contribution in [2.75, 3.05) is 26.3 Å². The van der Waals surface area contributed by atoms with Crippen LogP contribution in [0.4, 0.5) is 0 Å². The lowest BCUT2D eigenvalue weighted by Crippen LogP contribution is -2.38. The van der Waals surface area contributed by atoms with Crippen molar-refractivity contribution in [2.45, 2.75) is 31.1 Å². The highest BCUT2D eigenvalue weighted by molar-refractivity contribution is 7.89. The number of piperidine rings is 1. The summed E-state index contributed by atoms with van der Waals surface area (Å²) in [6, 6.07) is 16.5. The molecule has 0 amide bonds. The molecule has 1 aliphatic heterocycles. The van der Waals surface area contributed by atoms with Crippen LogP contribution in [0.5, 0.6) is 5.75 Å². The number of rotatable bonds is 8. The normalized spacial score (nSPS) is 15.8. The third kappa shape index (κ3) is 5.81. The predicted molar refractivity (Wildman–Crippen MR) is 110 cm³/mol. The van der Waals surface area contributed by atoms with E-state index < -0.39 is 16.0 Å². The van der Waals surface area contributed by atoms with Crippen LogP contribution in [-0.2, 0) is 26.0 Å². The Morgan fingerprint density at radius 1 is 1.03 bits per heavy atom. The molecule has 1 heterocycles. The van der Waals surface area contributed by atoms with Gasteiger partial charge in [-0.1, -0.05) is 30.3 Å². The minimum atomic E-state index is -3.53. The van der Waals surface area contributed by atoms with E-state index in [4.69, 9.17) is 9.47 Å². The number of benzene rings is 2. The van der Waals surface area contributed by atoms with Crippen molar-refractivity contribution in [3.63, 3.8) is 0 Å². The van der Waals surface area contributed by atoms with Gasteiger partial charge in [-0.15, -0.1) is 0 Å². The van der Waals surface area contributed by atoms with Gasteiger partial charge in [0.2, 0.25) is 10.0 Å². The average Bonchev–Trinajstić information content (AvgIpc) is 2.74. The zero-order valence-electron chi connectivity index (χ0n) is 16.6. The molecule has 1 fully saturated rings. The summed E-state index contributed by atoms with van der Waals surface area (Å²) in [5.74, 6) is 0.476. The summed E-state index contributed by atoms with van der Waals surface area (Å²) in [4.78, 5) is 11.6. The van der Waals surface area contributed by atoms with Crippen LogP contribution in [0.15, 0.2) is 59.5 Å². The fourth-order valence-electron chi connectivity index (χ4n) is 3.50. The summed E-state index contributed by atoms with van der Waals surface area (Å²) < 4.78 is 37.5. The van der Waals surface area contributed by atoms with Crippen LogP contribution in [0.1, 0.15) is 25.3 Å². The van der Waals surface area contributed by atoms with Gasteiger partial charge in [0.05, 0.1) is 11.5 Å². The molecule has 7 heteroatoms. The van der Waals surface area contributed by atoms with E-state index >= 15 is 0 Å². The van der Waals surface area contributed by atoms with Gasteiger partial charge in [0.25, 0.3) is 0 Å². The van der Waals surface area contributed by atoms with Crippen molar-refractivity contribution in [3.8, 4) is 5.75 Å². The smallest absolute Gasteiger partial charge is 0.344 e. The topological polar surface area (TPSA) is 72.9 Å². The van der Waals surface area contributed by atoms with Gasteiger partial charge in [-0.3, -0.25) is 0 Å². The van der Waals surface area contributed by atoms with Gasteiger partial charge < -0.3 is 9.47 Å². The first-order valence-electron chi connectivity index (χ1n) is 9.91. The molecule has 0 unspecified atom stereocenters. The molecule has 0 aromatic heterocycles.